The van der Waals surface area contributed by atoms with Crippen LogP contribution in [0.3, 0.4) is 0 Å². The number of anilines is 1. The lowest BCUT2D eigenvalue weighted by Gasteiger charge is -2.21. The largest absolute Gasteiger partial charge is 0.487 e. The van der Waals surface area contributed by atoms with Gasteiger partial charge in [-0.3, -0.25) is 9.59 Å². The fourth-order valence-corrected chi connectivity index (χ4v) is 4.48. The minimum atomic E-state index is -4.24. The maximum absolute atomic E-state index is 15.6. The molecule has 1 aliphatic rings. The monoisotopic (exact) mass is 440 g/mol. The molecule has 158 valence electrons. The van der Waals surface area contributed by atoms with Gasteiger partial charge in [-0.25, -0.2) is 13.4 Å². The van der Waals surface area contributed by atoms with Crippen LogP contribution in [0.25, 0.3) is 16.8 Å². The lowest BCUT2D eigenvalue weighted by Crippen LogP contribution is -2.30. The van der Waals surface area contributed by atoms with Gasteiger partial charge in [0.25, 0.3) is 5.91 Å². The Morgan fingerprint density at radius 2 is 1.90 bits per heavy atom. The second-order valence-electron chi connectivity index (χ2n) is 6.82. The molecular formula is C22H17FN2O5S. The Balaban J connectivity index is 1.86. The maximum atomic E-state index is 15.6. The van der Waals surface area contributed by atoms with E-state index in [4.69, 9.17) is 4.74 Å². The molecule has 1 saturated heterocycles. The number of nitrogens with one attached hydrogen (secondary N) is 1. The summed E-state index contributed by atoms with van der Waals surface area (Å²) < 4.78 is 48.7. The van der Waals surface area contributed by atoms with Gasteiger partial charge in [0.15, 0.2) is 5.82 Å². The van der Waals surface area contributed by atoms with Crippen molar-refractivity contribution in [2.75, 3.05) is 10.8 Å². The first-order valence-electron chi connectivity index (χ1n) is 9.27. The number of aldehydes is 1. The third-order valence-electron chi connectivity index (χ3n) is 4.71. The Morgan fingerprint density at radius 3 is 2.58 bits per heavy atom. The Kier molecular flexibility index (Phi) is 5.43. The number of fused-ring (bicyclic) bond motifs is 1. The van der Waals surface area contributed by atoms with Crippen LogP contribution in [0.1, 0.15) is 11.1 Å². The molecule has 0 aliphatic carbocycles. The number of amides is 1. The summed E-state index contributed by atoms with van der Waals surface area (Å²) in [6.07, 6.45) is 3.51. The summed E-state index contributed by atoms with van der Waals surface area (Å²) in [5.74, 6) is -1.61. The molecule has 0 atom stereocenters. The van der Waals surface area contributed by atoms with Gasteiger partial charge in [-0.2, -0.15) is 8.42 Å². The highest BCUT2D eigenvalue weighted by Gasteiger charge is 2.38. The van der Waals surface area contributed by atoms with Crippen molar-refractivity contribution in [3.63, 3.8) is 0 Å². The number of ether oxygens (including phenoxy) is 1. The fraction of sp³-hybridized carbons (Fsp3) is 0.0909. The van der Waals surface area contributed by atoms with Gasteiger partial charge in [-0.15, -0.1) is 0 Å². The minimum absolute atomic E-state index is 0.0227. The van der Waals surface area contributed by atoms with Crippen LogP contribution in [0, 0.1) is 5.82 Å². The van der Waals surface area contributed by atoms with Gasteiger partial charge in [0.2, 0.25) is 0 Å². The van der Waals surface area contributed by atoms with Gasteiger partial charge in [0.1, 0.15) is 30.9 Å². The molecule has 0 saturated carbocycles. The Hall–Kier alpha value is -3.72. The molecule has 0 bridgehead atoms. The summed E-state index contributed by atoms with van der Waals surface area (Å²) in [7, 11) is -4.24. The van der Waals surface area contributed by atoms with Crippen molar-refractivity contribution >= 4 is 44.9 Å². The second kappa shape index (κ2) is 8.19. The second-order valence-corrected chi connectivity index (χ2v) is 8.42. The summed E-state index contributed by atoms with van der Waals surface area (Å²) in [6.45, 7) is -0.481. The molecule has 0 radical (unpaired) electrons. The third-order valence-corrected chi connectivity index (χ3v) is 6.09. The van der Waals surface area contributed by atoms with Crippen molar-refractivity contribution < 1.29 is 27.1 Å². The molecule has 0 unspecified atom stereocenters. The van der Waals surface area contributed by atoms with Crippen LogP contribution in [0.4, 0.5) is 10.1 Å². The first-order valence-corrected chi connectivity index (χ1v) is 10.7. The average Bonchev–Trinajstić information content (AvgIpc) is 3.02. The topological polar surface area (TPSA) is 92.8 Å². The predicted molar refractivity (Wildman–Crippen MR) is 114 cm³/mol. The van der Waals surface area contributed by atoms with Crippen LogP contribution in [-0.2, 0) is 26.4 Å². The zero-order chi connectivity index (χ0) is 22.0. The van der Waals surface area contributed by atoms with Crippen LogP contribution >= 0.6 is 0 Å². The quantitative estimate of drug-likeness (QED) is 0.470. The fourth-order valence-electron chi connectivity index (χ4n) is 3.32. The van der Waals surface area contributed by atoms with E-state index in [-0.39, 0.29) is 23.4 Å². The molecule has 4 rings (SSSR count). The number of carbonyl (C=O) groups excluding carboxylic acids is 2. The van der Waals surface area contributed by atoms with E-state index in [2.05, 4.69) is 0 Å². The molecule has 1 amide bonds. The first kappa shape index (κ1) is 20.5. The van der Waals surface area contributed by atoms with Gasteiger partial charge in [-0.1, -0.05) is 48.5 Å². The van der Waals surface area contributed by atoms with Crippen molar-refractivity contribution in [2.24, 2.45) is 0 Å². The maximum Gasteiger partial charge on any atom is 0.326 e. The summed E-state index contributed by atoms with van der Waals surface area (Å²) in [4.78, 5) is 22.3. The van der Waals surface area contributed by atoms with Crippen molar-refractivity contribution in [1.82, 2.24) is 4.72 Å². The number of hydrogen-bond acceptors (Lipinski definition) is 5. The molecule has 9 heteroatoms. The van der Waals surface area contributed by atoms with Gasteiger partial charge in [-0.05, 0) is 34.7 Å². The highest BCUT2D eigenvalue weighted by molar-refractivity contribution is 7.92. The van der Waals surface area contributed by atoms with E-state index in [1.807, 2.05) is 35.1 Å². The molecule has 31 heavy (non-hydrogen) atoms. The molecule has 3 aromatic carbocycles. The van der Waals surface area contributed by atoms with Gasteiger partial charge < -0.3 is 4.74 Å². The number of carbonyl (C=O) groups is 2. The number of allylic oxidation sites excluding steroid dienone is 1. The smallest absolute Gasteiger partial charge is 0.326 e. The van der Waals surface area contributed by atoms with E-state index in [1.165, 1.54) is 18.2 Å². The van der Waals surface area contributed by atoms with Crippen molar-refractivity contribution in [2.45, 2.75) is 6.61 Å². The number of rotatable bonds is 6. The summed E-state index contributed by atoms with van der Waals surface area (Å²) in [5, 5.41) is 0.605. The van der Waals surface area contributed by atoms with E-state index < -0.39 is 28.5 Å². The lowest BCUT2D eigenvalue weighted by molar-refractivity contribution is -0.117. The third kappa shape index (κ3) is 4.13. The first-order chi connectivity index (χ1) is 14.9. The predicted octanol–water partition coefficient (Wildman–Crippen LogP) is 2.95. The molecule has 1 fully saturated rings. The van der Waals surface area contributed by atoms with Crippen molar-refractivity contribution in [1.29, 1.82) is 0 Å². The van der Waals surface area contributed by atoms with E-state index in [9.17, 15) is 18.0 Å². The molecule has 1 aliphatic heterocycles. The lowest BCUT2D eigenvalue weighted by atomic mass is 10.0. The van der Waals surface area contributed by atoms with Crippen LogP contribution in [0.5, 0.6) is 5.75 Å². The minimum Gasteiger partial charge on any atom is -0.487 e. The molecule has 3 aromatic rings. The molecule has 1 heterocycles. The highest BCUT2D eigenvalue weighted by atomic mass is 32.2. The number of halogens is 1. The van der Waals surface area contributed by atoms with Crippen LogP contribution < -0.4 is 13.8 Å². The number of hydrogen-bond donors (Lipinski definition) is 1. The normalized spacial score (nSPS) is 15.4. The molecule has 0 aromatic heterocycles. The summed E-state index contributed by atoms with van der Waals surface area (Å²) >= 11 is 0. The van der Waals surface area contributed by atoms with Gasteiger partial charge in [0.05, 0.1) is 0 Å². The van der Waals surface area contributed by atoms with Crippen molar-refractivity contribution in [3.8, 4) is 5.75 Å². The SMILES string of the molecule is O=C/C=C/c1ccc2c(F)c(N3CC(=O)NS3(=O)=O)c(OCc3ccccc3)cc2c1. The zero-order valence-corrected chi connectivity index (χ0v) is 16.9. The molecule has 0 spiro atoms. The Labute approximate surface area is 177 Å². The van der Waals surface area contributed by atoms with E-state index in [0.717, 1.165) is 5.56 Å². The van der Waals surface area contributed by atoms with Crippen LogP contribution in [-0.4, -0.2) is 27.2 Å². The standard InChI is InChI=1S/C22H17FN2O5S/c23-21-18-9-8-15(7-4-10-26)11-17(18)12-19(30-14-16-5-2-1-3-6-16)22(21)25-13-20(27)24-31(25,28)29/h1-12H,13-14H2,(H,24,27)/b7-4+. The average molecular weight is 440 g/mol. The van der Waals surface area contributed by atoms with Crippen LogP contribution in [0.2, 0.25) is 0 Å². The van der Waals surface area contributed by atoms with E-state index in [0.29, 0.717) is 21.5 Å². The van der Waals surface area contributed by atoms with Crippen molar-refractivity contribution in [3.05, 3.63) is 77.6 Å². The number of nitrogens with zero attached hydrogens (tertiary/aromatic N) is 1. The highest BCUT2D eigenvalue weighted by Crippen LogP contribution is 2.40. The van der Waals surface area contributed by atoms with Gasteiger partial charge >= 0.3 is 10.2 Å². The van der Waals surface area contributed by atoms with Gasteiger partial charge in [0, 0.05) is 5.39 Å². The Bertz CT molecular complexity index is 1310. The van der Waals surface area contributed by atoms with E-state index in [1.54, 1.807) is 18.2 Å². The number of benzene rings is 3. The molecule has 7 nitrogen and oxygen atoms in total. The molecule has 1 N–H and O–H groups in total. The molecular weight excluding hydrogens is 423 g/mol. The van der Waals surface area contributed by atoms with Crippen LogP contribution in [0.15, 0.2) is 60.7 Å². The summed E-state index contributed by atoms with van der Waals surface area (Å²) in [6, 6.07) is 15.4. The van der Waals surface area contributed by atoms with E-state index >= 15 is 4.39 Å². The Morgan fingerprint density at radius 1 is 1.13 bits per heavy atom. The summed E-state index contributed by atoms with van der Waals surface area (Å²) in [5.41, 5.74) is 1.12. The zero-order valence-electron chi connectivity index (χ0n) is 16.1.